The summed E-state index contributed by atoms with van der Waals surface area (Å²) in [5.74, 6) is -0.789. The van der Waals surface area contributed by atoms with Crippen molar-refractivity contribution in [2.45, 2.75) is 25.9 Å². The van der Waals surface area contributed by atoms with Gasteiger partial charge in [-0.2, -0.15) is 0 Å². The van der Waals surface area contributed by atoms with Crippen molar-refractivity contribution < 1.29 is 24.6 Å². The Kier molecular flexibility index (Phi) is 8.46. The van der Waals surface area contributed by atoms with E-state index in [-0.39, 0.29) is 11.7 Å². The number of carbonyl (C=O) groups is 2. The van der Waals surface area contributed by atoms with Gasteiger partial charge in [0.1, 0.15) is 11.9 Å². The summed E-state index contributed by atoms with van der Waals surface area (Å²) in [5, 5.41) is 23.7. The molecule has 3 rings (SSSR count). The normalized spacial score (nSPS) is 12.9. The molecule has 2 amide bonds. The van der Waals surface area contributed by atoms with Gasteiger partial charge >= 0.3 is 6.09 Å². The van der Waals surface area contributed by atoms with Gasteiger partial charge in [0.25, 0.3) is 5.91 Å². The summed E-state index contributed by atoms with van der Waals surface area (Å²) in [5.41, 5.74) is 2.64. The van der Waals surface area contributed by atoms with Gasteiger partial charge in [-0.05, 0) is 48.4 Å². The lowest BCUT2D eigenvalue weighted by molar-refractivity contribution is -0.124. The number of halogens is 1. The van der Waals surface area contributed by atoms with E-state index in [4.69, 9.17) is 9.94 Å². The van der Waals surface area contributed by atoms with E-state index in [0.717, 1.165) is 15.2 Å². The second kappa shape index (κ2) is 11.5. The fourth-order valence-corrected chi connectivity index (χ4v) is 3.95. The van der Waals surface area contributed by atoms with Crippen LogP contribution in [0.1, 0.15) is 31.4 Å². The highest BCUT2D eigenvalue weighted by Gasteiger charge is 2.26. The number of anilines is 1. The fraction of sp³-hybridized carbons (Fsp3) is 0.200. The number of carbonyl (C=O) groups excluding carboxylic acids is 2. The fourth-order valence-electron chi connectivity index (χ4n) is 3.57. The predicted octanol–water partition coefficient (Wildman–Crippen LogP) is 6.08. The first-order valence-electron chi connectivity index (χ1n) is 10.4. The van der Waals surface area contributed by atoms with E-state index in [0.29, 0.717) is 24.1 Å². The Bertz CT molecular complexity index is 1160. The number of rotatable bonds is 8. The van der Waals surface area contributed by atoms with Gasteiger partial charge in [-0.1, -0.05) is 65.3 Å². The third-order valence-electron chi connectivity index (χ3n) is 5.24. The van der Waals surface area contributed by atoms with E-state index < -0.39 is 18.1 Å². The first kappa shape index (κ1) is 24.3. The monoisotopic (exact) mass is 512 g/mol. The smallest absolute Gasteiger partial charge is 0.412 e. The maximum Gasteiger partial charge on any atom is 0.412 e. The molecule has 2 atom stereocenters. The van der Waals surface area contributed by atoms with Crippen LogP contribution in [0.5, 0.6) is 5.75 Å². The average Bonchev–Trinajstić information content (AvgIpc) is 2.82. The number of aromatic hydroxyl groups is 1. The SMILES string of the molecule is C[C@H](CC/C=C/C(=O)NO)[C@H](OC(=O)Nc1cccc2ccccc12)c1cc(Br)ccc1O. The van der Waals surface area contributed by atoms with E-state index in [1.54, 1.807) is 24.3 Å². The molecule has 0 aliphatic heterocycles. The summed E-state index contributed by atoms with van der Waals surface area (Å²) in [6.07, 6.45) is 2.54. The van der Waals surface area contributed by atoms with E-state index in [2.05, 4.69) is 21.2 Å². The number of ether oxygens (including phenoxy) is 1. The highest BCUT2D eigenvalue weighted by Crippen LogP contribution is 2.37. The Morgan fingerprint density at radius 1 is 1.12 bits per heavy atom. The van der Waals surface area contributed by atoms with Crippen LogP contribution in [-0.4, -0.2) is 22.3 Å². The van der Waals surface area contributed by atoms with Gasteiger partial charge in [0.2, 0.25) is 0 Å². The van der Waals surface area contributed by atoms with Crippen LogP contribution in [0.4, 0.5) is 10.5 Å². The van der Waals surface area contributed by atoms with Crippen LogP contribution >= 0.6 is 15.9 Å². The summed E-state index contributed by atoms with van der Waals surface area (Å²) < 4.78 is 6.55. The minimum absolute atomic E-state index is 0.0169. The third kappa shape index (κ3) is 6.57. The van der Waals surface area contributed by atoms with Crippen molar-refractivity contribution in [3.05, 3.63) is 82.9 Å². The van der Waals surface area contributed by atoms with Crippen LogP contribution in [0.2, 0.25) is 0 Å². The third-order valence-corrected chi connectivity index (χ3v) is 5.73. The lowest BCUT2D eigenvalue weighted by atomic mass is 9.92. The summed E-state index contributed by atoms with van der Waals surface area (Å²) >= 11 is 3.40. The molecule has 33 heavy (non-hydrogen) atoms. The largest absolute Gasteiger partial charge is 0.508 e. The van der Waals surface area contributed by atoms with Crippen LogP contribution < -0.4 is 10.8 Å². The van der Waals surface area contributed by atoms with Gasteiger partial charge in [-0.15, -0.1) is 0 Å². The molecule has 7 nitrogen and oxygen atoms in total. The van der Waals surface area contributed by atoms with Gasteiger partial charge in [-0.25, -0.2) is 10.3 Å². The highest BCUT2D eigenvalue weighted by atomic mass is 79.9. The van der Waals surface area contributed by atoms with Crippen LogP contribution in [0.15, 0.2) is 77.3 Å². The Morgan fingerprint density at radius 2 is 1.88 bits per heavy atom. The molecule has 0 saturated carbocycles. The number of phenols is 1. The van der Waals surface area contributed by atoms with Crippen LogP contribution in [0, 0.1) is 5.92 Å². The molecule has 0 heterocycles. The first-order chi connectivity index (χ1) is 15.9. The van der Waals surface area contributed by atoms with Crippen LogP contribution in [0.3, 0.4) is 0 Å². The average molecular weight is 513 g/mol. The van der Waals surface area contributed by atoms with E-state index in [1.807, 2.05) is 43.3 Å². The highest BCUT2D eigenvalue weighted by molar-refractivity contribution is 9.10. The molecule has 0 radical (unpaired) electrons. The number of fused-ring (bicyclic) bond motifs is 1. The van der Waals surface area contributed by atoms with Gasteiger partial charge in [0.15, 0.2) is 0 Å². The van der Waals surface area contributed by atoms with Crippen molar-refractivity contribution in [2.24, 2.45) is 5.92 Å². The summed E-state index contributed by atoms with van der Waals surface area (Å²) in [4.78, 5) is 24.0. The molecule has 0 unspecified atom stereocenters. The van der Waals surface area contributed by atoms with E-state index >= 15 is 0 Å². The Balaban J connectivity index is 1.79. The van der Waals surface area contributed by atoms with Crippen molar-refractivity contribution in [2.75, 3.05) is 5.32 Å². The lowest BCUT2D eigenvalue weighted by Gasteiger charge is -2.25. The van der Waals surface area contributed by atoms with Crippen LogP contribution in [0.25, 0.3) is 10.8 Å². The summed E-state index contributed by atoms with van der Waals surface area (Å²) in [6, 6.07) is 18.3. The van der Waals surface area contributed by atoms with Crippen molar-refractivity contribution >= 4 is 44.4 Å². The number of phenolic OH excluding ortho intramolecular Hbond substituents is 1. The molecule has 0 aliphatic carbocycles. The molecule has 3 aromatic rings. The zero-order valence-corrected chi connectivity index (χ0v) is 19.6. The number of allylic oxidation sites excluding steroid dienone is 1. The topological polar surface area (TPSA) is 108 Å². The lowest BCUT2D eigenvalue weighted by Crippen LogP contribution is -2.22. The Hall–Kier alpha value is -3.36. The quantitative estimate of drug-likeness (QED) is 0.166. The van der Waals surface area contributed by atoms with E-state index in [1.165, 1.54) is 17.6 Å². The van der Waals surface area contributed by atoms with Crippen LogP contribution in [-0.2, 0) is 9.53 Å². The number of hydrogen-bond donors (Lipinski definition) is 4. The molecule has 0 spiro atoms. The Morgan fingerprint density at radius 3 is 2.67 bits per heavy atom. The van der Waals surface area contributed by atoms with Crippen molar-refractivity contribution in [3.63, 3.8) is 0 Å². The summed E-state index contributed by atoms with van der Waals surface area (Å²) in [6.45, 7) is 1.90. The number of nitrogens with one attached hydrogen (secondary N) is 2. The zero-order valence-electron chi connectivity index (χ0n) is 18.0. The molecule has 0 aromatic heterocycles. The molecule has 4 N–H and O–H groups in total. The molecule has 172 valence electrons. The van der Waals surface area contributed by atoms with Crippen molar-refractivity contribution in [1.82, 2.24) is 5.48 Å². The van der Waals surface area contributed by atoms with Gasteiger partial charge in [0, 0.05) is 21.5 Å². The Labute approximate surface area is 200 Å². The van der Waals surface area contributed by atoms with Crippen molar-refractivity contribution in [1.29, 1.82) is 0 Å². The number of amides is 2. The number of hydrogen-bond acceptors (Lipinski definition) is 5. The molecule has 0 fully saturated rings. The summed E-state index contributed by atoms with van der Waals surface area (Å²) in [7, 11) is 0. The van der Waals surface area contributed by atoms with Gasteiger partial charge in [-0.3, -0.25) is 15.3 Å². The molecular weight excluding hydrogens is 488 g/mol. The van der Waals surface area contributed by atoms with Gasteiger partial charge < -0.3 is 9.84 Å². The predicted molar refractivity (Wildman–Crippen MR) is 130 cm³/mol. The maximum atomic E-state index is 12.9. The minimum atomic E-state index is -0.738. The second-order valence-corrected chi connectivity index (χ2v) is 8.53. The molecule has 3 aromatic carbocycles. The molecule has 8 heteroatoms. The van der Waals surface area contributed by atoms with Gasteiger partial charge in [0.05, 0.1) is 5.69 Å². The zero-order chi connectivity index (χ0) is 23.8. The number of hydroxylamine groups is 1. The van der Waals surface area contributed by atoms with E-state index in [9.17, 15) is 14.7 Å². The standard InChI is InChI=1S/C25H25BrN2O5/c1-16(7-2-5-12-23(30)28-32)24(20-15-18(26)13-14-22(20)29)33-25(31)27-21-11-6-9-17-8-3-4-10-19(17)21/h3-6,8-16,24,29,32H,2,7H2,1H3,(H,27,31)(H,28,30)/b12-5+/t16-,24+/m1/s1. The molecule has 0 aliphatic rings. The molecule has 0 bridgehead atoms. The molecular formula is C25H25BrN2O5. The second-order valence-electron chi connectivity index (χ2n) is 7.61. The first-order valence-corrected chi connectivity index (χ1v) is 11.2. The molecule has 0 saturated heterocycles. The maximum absolute atomic E-state index is 12.9. The number of benzene rings is 3. The van der Waals surface area contributed by atoms with Crippen molar-refractivity contribution in [3.8, 4) is 5.75 Å². The minimum Gasteiger partial charge on any atom is -0.508 e.